The molecule has 1 N–H and O–H groups in total. The van der Waals surface area contributed by atoms with Gasteiger partial charge in [0, 0.05) is 23.7 Å². The number of hydrogen-bond donors (Lipinski definition) is 1. The molecule has 1 aliphatic heterocycles. The molecule has 7 nitrogen and oxygen atoms in total. The summed E-state index contributed by atoms with van der Waals surface area (Å²) in [4.78, 5) is 38.2. The fourth-order valence-electron chi connectivity index (χ4n) is 2.81. The number of ether oxygens (including phenoxy) is 1. The minimum Gasteiger partial charge on any atom is -0.467 e. The predicted octanol–water partition coefficient (Wildman–Crippen LogP) is 2.85. The molecule has 2 aromatic rings. The number of nitrogens with zero attached hydrogens (tertiary/aromatic N) is 1. The minimum absolute atomic E-state index is 0.0577. The fourth-order valence-corrected chi connectivity index (χ4v) is 3.00. The smallest absolute Gasteiger partial charge is 0.312 e. The highest BCUT2D eigenvalue weighted by molar-refractivity contribution is 6.30. The van der Waals surface area contributed by atoms with Crippen LogP contribution in [0, 0.1) is 5.92 Å². The van der Waals surface area contributed by atoms with Crippen molar-refractivity contribution in [1.82, 2.24) is 4.90 Å². The van der Waals surface area contributed by atoms with E-state index < -0.39 is 23.9 Å². The summed E-state index contributed by atoms with van der Waals surface area (Å²) in [6, 6.07) is 10.2. The molecule has 0 radical (unpaired) electrons. The van der Waals surface area contributed by atoms with Gasteiger partial charge in [-0.15, -0.1) is 0 Å². The van der Waals surface area contributed by atoms with E-state index in [2.05, 4.69) is 5.32 Å². The van der Waals surface area contributed by atoms with Crippen LogP contribution in [0.1, 0.15) is 19.1 Å². The summed E-state index contributed by atoms with van der Waals surface area (Å²) in [5.74, 6) is -1.15. The summed E-state index contributed by atoms with van der Waals surface area (Å²) in [5.41, 5.74) is 0.510. The molecule has 0 bridgehead atoms. The van der Waals surface area contributed by atoms with Crippen LogP contribution < -0.4 is 5.32 Å². The van der Waals surface area contributed by atoms with Crippen molar-refractivity contribution < 1.29 is 23.5 Å². The fraction of sp³-hybridized carbons (Fsp3) is 0.316. The Balaban J connectivity index is 1.52. The van der Waals surface area contributed by atoms with Crippen molar-refractivity contribution in [3.8, 4) is 0 Å². The molecule has 1 fully saturated rings. The lowest BCUT2D eigenvalue weighted by molar-refractivity contribution is -0.157. The molecule has 3 rings (SSSR count). The number of carbonyl (C=O) groups is 3. The van der Waals surface area contributed by atoms with Crippen LogP contribution in [-0.2, 0) is 25.7 Å². The van der Waals surface area contributed by atoms with E-state index in [4.69, 9.17) is 20.8 Å². The molecule has 1 aromatic heterocycles. The van der Waals surface area contributed by atoms with Gasteiger partial charge in [-0.05, 0) is 37.3 Å². The predicted molar refractivity (Wildman–Crippen MR) is 97.9 cm³/mol. The first-order chi connectivity index (χ1) is 12.9. The molecule has 0 spiro atoms. The van der Waals surface area contributed by atoms with Gasteiger partial charge in [-0.25, -0.2) is 0 Å². The van der Waals surface area contributed by atoms with Crippen molar-refractivity contribution in [1.29, 1.82) is 0 Å². The van der Waals surface area contributed by atoms with Gasteiger partial charge in [-0.2, -0.15) is 0 Å². The van der Waals surface area contributed by atoms with Gasteiger partial charge in [0.1, 0.15) is 5.76 Å². The van der Waals surface area contributed by atoms with Gasteiger partial charge in [0.2, 0.25) is 5.91 Å². The van der Waals surface area contributed by atoms with E-state index in [1.807, 2.05) is 0 Å². The van der Waals surface area contributed by atoms with E-state index in [0.29, 0.717) is 23.0 Å². The Morgan fingerprint density at radius 2 is 2.19 bits per heavy atom. The third kappa shape index (κ3) is 4.89. The Hall–Kier alpha value is -2.80. The Morgan fingerprint density at radius 3 is 2.89 bits per heavy atom. The van der Waals surface area contributed by atoms with Gasteiger partial charge in [-0.3, -0.25) is 14.4 Å². The normalized spacial score (nSPS) is 17.6. The standard InChI is InChI=1S/C19H19ClN2O5/c1-12(18(24)21-15-5-2-4-14(20)9-15)27-19(25)13-8-17(23)22(10-13)11-16-6-3-7-26-16/h2-7,9,12-13H,8,10-11H2,1H3,(H,21,24)/t12-,13+/m0/s1. The third-order valence-corrected chi connectivity index (χ3v) is 4.46. The largest absolute Gasteiger partial charge is 0.467 e. The van der Waals surface area contributed by atoms with Crippen molar-refractivity contribution in [2.45, 2.75) is 26.0 Å². The Labute approximate surface area is 161 Å². The summed E-state index contributed by atoms with van der Waals surface area (Å²) < 4.78 is 10.5. The lowest BCUT2D eigenvalue weighted by Gasteiger charge is -2.17. The highest BCUT2D eigenvalue weighted by atomic mass is 35.5. The number of rotatable bonds is 6. The number of anilines is 1. The quantitative estimate of drug-likeness (QED) is 0.766. The molecule has 1 aromatic carbocycles. The van der Waals surface area contributed by atoms with Crippen LogP contribution in [0.4, 0.5) is 5.69 Å². The SMILES string of the molecule is C[C@H](OC(=O)[C@@H]1CC(=O)N(Cc2ccco2)C1)C(=O)Nc1cccc(Cl)c1. The molecule has 27 heavy (non-hydrogen) atoms. The number of carbonyl (C=O) groups excluding carboxylic acids is 3. The summed E-state index contributed by atoms with van der Waals surface area (Å²) in [5, 5.41) is 3.12. The van der Waals surface area contributed by atoms with Gasteiger partial charge in [0.15, 0.2) is 6.10 Å². The molecule has 2 atom stereocenters. The van der Waals surface area contributed by atoms with Crippen molar-refractivity contribution in [2.75, 3.05) is 11.9 Å². The summed E-state index contributed by atoms with van der Waals surface area (Å²) in [6.45, 7) is 2.02. The third-order valence-electron chi connectivity index (χ3n) is 4.23. The lowest BCUT2D eigenvalue weighted by Crippen LogP contribution is -2.33. The molecule has 8 heteroatoms. The Morgan fingerprint density at radius 1 is 1.37 bits per heavy atom. The zero-order valence-electron chi connectivity index (χ0n) is 14.7. The minimum atomic E-state index is -0.995. The molecule has 2 amide bonds. The van der Waals surface area contributed by atoms with Gasteiger partial charge in [0.05, 0.1) is 18.7 Å². The zero-order chi connectivity index (χ0) is 19.4. The van der Waals surface area contributed by atoms with Crippen LogP contribution in [-0.4, -0.2) is 35.3 Å². The number of amides is 2. The van der Waals surface area contributed by atoms with Gasteiger partial charge < -0.3 is 19.4 Å². The van der Waals surface area contributed by atoms with Crippen LogP contribution in [0.3, 0.4) is 0 Å². The Bertz CT molecular complexity index is 836. The maximum Gasteiger partial charge on any atom is 0.312 e. The second-order valence-electron chi connectivity index (χ2n) is 6.33. The maximum absolute atomic E-state index is 12.3. The second kappa shape index (κ2) is 8.26. The summed E-state index contributed by atoms with van der Waals surface area (Å²) in [6.07, 6.45) is 0.593. The van der Waals surface area contributed by atoms with Gasteiger partial charge in [-0.1, -0.05) is 17.7 Å². The maximum atomic E-state index is 12.3. The molecule has 1 aliphatic rings. The summed E-state index contributed by atoms with van der Waals surface area (Å²) >= 11 is 5.88. The van der Waals surface area contributed by atoms with Crippen LogP contribution in [0.5, 0.6) is 0 Å². The number of likely N-dealkylation sites (tertiary alicyclic amines) is 1. The van der Waals surface area contributed by atoms with Crippen LogP contribution >= 0.6 is 11.6 Å². The molecule has 0 aliphatic carbocycles. The number of benzene rings is 1. The second-order valence-corrected chi connectivity index (χ2v) is 6.77. The highest BCUT2D eigenvalue weighted by Crippen LogP contribution is 2.22. The van der Waals surface area contributed by atoms with Crippen LogP contribution in [0.25, 0.3) is 0 Å². The average Bonchev–Trinajstić information content (AvgIpc) is 3.25. The first kappa shape index (κ1) is 19.0. The van der Waals surface area contributed by atoms with Gasteiger partial charge >= 0.3 is 5.97 Å². The lowest BCUT2D eigenvalue weighted by atomic mass is 10.1. The van der Waals surface area contributed by atoms with Gasteiger partial charge in [0.25, 0.3) is 5.91 Å². The zero-order valence-corrected chi connectivity index (χ0v) is 15.4. The van der Waals surface area contributed by atoms with Crippen molar-refractivity contribution >= 4 is 35.1 Å². The molecule has 0 saturated carbocycles. The van der Waals surface area contributed by atoms with Crippen molar-refractivity contribution in [2.24, 2.45) is 5.92 Å². The molecular weight excluding hydrogens is 372 g/mol. The van der Waals surface area contributed by atoms with Crippen molar-refractivity contribution in [3.05, 3.63) is 53.4 Å². The monoisotopic (exact) mass is 390 g/mol. The van der Waals surface area contributed by atoms with Crippen LogP contribution in [0.2, 0.25) is 5.02 Å². The molecule has 0 unspecified atom stereocenters. The number of furan rings is 1. The van der Waals surface area contributed by atoms with Crippen LogP contribution in [0.15, 0.2) is 47.1 Å². The molecule has 142 valence electrons. The van der Waals surface area contributed by atoms with E-state index >= 15 is 0 Å². The Kier molecular flexibility index (Phi) is 5.81. The molecule has 1 saturated heterocycles. The van der Waals surface area contributed by atoms with E-state index in [-0.39, 0.29) is 18.9 Å². The number of esters is 1. The topological polar surface area (TPSA) is 88.9 Å². The van der Waals surface area contributed by atoms with E-state index in [1.165, 1.54) is 13.2 Å². The van der Waals surface area contributed by atoms with Crippen molar-refractivity contribution in [3.63, 3.8) is 0 Å². The number of nitrogens with one attached hydrogen (secondary N) is 1. The van der Waals surface area contributed by atoms with E-state index in [0.717, 1.165) is 0 Å². The van der Waals surface area contributed by atoms with E-state index in [9.17, 15) is 14.4 Å². The first-order valence-electron chi connectivity index (χ1n) is 8.49. The number of halogens is 1. The highest BCUT2D eigenvalue weighted by Gasteiger charge is 2.36. The molecule has 2 heterocycles. The first-order valence-corrected chi connectivity index (χ1v) is 8.87. The number of hydrogen-bond acceptors (Lipinski definition) is 5. The van der Waals surface area contributed by atoms with E-state index in [1.54, 1.807) is 41.3 Å². The average molecular weight is 391 g/mol. The summed E-state index contributed by atoms with van der Waals surface area (Å²) in [7, 11) is 0. The molecular formula is C19H19ClN2O5.